The van der Waals surface area contributed by atoms with Crippen molar-refractivity contribution in [1.82, 2.24) is 10.2 Å². The van der Waals surface area contributed by atoms with E-state index in [1.54, 1.807) is 23.1 Å². The molecular weight excluding hydrogens is 435 g/mol. The van der Waals surface area contributed by atoms with Crippen molar-refractivity contribution in [2.75, 3.05) is 13.2 Å². The second-order valence-electron chi connectivity index (χ2n) is 7.24. The van der Waals surface area contributed by atoms with E-state index in [2.05, 4.69) is 5.32 Å². The zero-order chi connectivity index (χ0) is 22.6. The molecule has 2 amide bonds. The van der Waals surface area contributed by atoms with Crippen LogP contribution >= 0.6 is 23.2 Å². The molecule has 1 N–H and O–H groups in total. The number of hydrogen-bond donors (Lipinski definition) is 1. The Balaban J connectivity index is 2.08. The average molecular weight is 465 g/mol. The number of nitrogens with one attached hydrogen (secondary N) is 1. The van der Waals surface area contributed by atoms with Gasteiger partial charge in [-0.3, -0.25) is 9.59 Å². The lowest BCUT2D eigenvalue weighted by atomic mass is 10.1. The lowest BCUT2D eigenvalue weighted by molar-refractivity contribution is -0.141. The molecule has 0 aliphatic carbocycles. The normalized spacial score (nSPS) is 11.6. The highest BCUT2D eigenvalue weighted by Crippen LogP contribution is 2.24. The minimum atomic E-state index is -0.569. The maximum absolute atomic E-state index is 13.1. The molecule has 2 aromatic carbocycles. The fourth-order valence-corrected chi connectivity index (χ4v) is 3.66. The summed E-state index contributed by atoms with van der Waals surface area (Å²) in [6.07, 6.45) is 2.16. The van der Waals surface area contributed by atoms with Crippen molar-refractivity contribution in [1.29, 1.82) is 0 Å². The Morgan fingerprint density at radius 2 is 1.84 bits per heavy atom. The lowest BCUT2D eigenvalue weighted by Gasteiger charge is -2.31. The van der Waals surface area contributed by atoms with Crippen LogP contribution in [0.3, 0.4) is 0 Å². The summed E-state index contributed by atoms with van der Waals surface area (Å²) in [6, 6.07) is 14.1. The molecule has 0 unspecified atom stereocenters. The predicted octanol–water partition coefficient (Wildman–Crippen LogP) is 5.49. The van der Waals surface area contributed by atoms with E-state index < -0.39 is 6.04 Å². The third kappa shape index (κ3) is 8.08. The maximum Gasteiger partial charge on any atom is 0.242 e. The van der Waals surface area contributed by atoms with Crippen molar-refractivity contribution in [3.05, 3.63) is 64.1 Å². The predicted molar refractivity (Wildman–Crippen MR) is 126 cm³/mol. The van der Waals surface area contributed by atoms with Crippen LogP contribution in [0.4, 0.5) is 0 Å². The largest absolute Gasteiger partial charge is 0.494 e. The van der Waals surface area contributed by atoms with Crippen molar-refractivity contribution in [2.24, 2.45) is 0 Å². The lowest BCUT2D eigenvalue weighted by Crippen LogP contribution is -2.49. The SMILES string of the molecule is CCCNC(=O)[C@H](CC)N(Cc1ccc(Cl)cc1Cl)C(=O)CCCOc1ccccc1. The van der Waals surface area contributed by atoms with Gasteiger partial charge in [0.25, 0.3) is 0 Å². The van der Waals surface area contributed by atoms with Crippen molar-refractivity contribution < 1.29 is 14.3 Å². The summed E-state index contributed by atoms with van der Waals surface area (Å²) in [5.41, 5.74) is 0.752. The first-order valence-electron chi connectivity index (χ1n) is 10.6. The van der Waals surface area contributed by atoms with Gasteiger partial charge in [0.05, 0.1) is 6.61 Å². The third-order valence-electron chi connectivity index (χ3n) is 4.84. The molecule has 0 radical (unpaired) electrons. The number of rotatable bonds is 12. The average Bonchev–Trinajstić information content (AvgIpc) is 2.77. The Bertz CT molecular complexity index is 846. The molecular formula is C24H30Cl2N2O3. The first kappa shape index (κ1) is 25.0. The Morgan fingerprint density at radius 1 is 1.10 bits per heavy atom. The molecule has 0 saturated heterocycles. The van der Waals surface area contributed by atoms with Gasteiger partial charge in [-0.25, -0.2) is 0 Å². The summed E-state index contributed by atoms with van der Waals surface area (Å²) in [4.78, 5) is 27.5. The maximum atomic E-state index is 13.1. The van der Waals surface area contributed by atoms with E-state index >= 15 is 0 Å². The van der Waals surface area contributed by atoms with E-state index in [4.69, 9.17) is 27.9 Å². The number of carbonyl (C=O) groups excluding carboxylic acids is 2. The summed E-state index contributed by atoms with van der Waals surface area (Å²) in [5.74, 6) is 0.509. The van der Waals surface area contributed by atoms with Crippen molar-refractivity contribution in [3.63, 3.8) is 0 Å². The number of amides is 2. The molecule has 0 bridgehead atoms. The van der Waals surface area contributed by atoms with Crippen LogP contribution in [0.15, 0.2) is 48.5 Å². The van der Waals surface area contributed by atoms with E-state index in [9.17, 15) is 9.59 Å². The number of para-hydroxylation sites is 1. The molecule has 31 heavy (non-hydrogen) atoms. The van der Waals surface area contributed by atoms with E-state index in [1.165, 1.54) is 0 Å². The molecule has 168 valence electrons. The topological polar surface area (TPSA) is 58.6 Å². The highest BCUT2D eigenvalue weighted by Gasteiger charge is 2.28. The quantitative estimate of drug-likeness (QED) is 0.422. The van der Waals surface area contributed by atoms with Crippen LogP contribution in [0.1, 0.15) is 45.1 Å². The molecule has 0 aliphatic rings. The molecule has 5 nitrogen and oxygen atoms in total. The molecule has 7 heteroatoms. The van der Waals surface area contributed by atoms with E-state index in [-0.39, 0.29) is 24.8 Å². The molecule has 0 aliphatic heterocycles. The molecule has 2 rings (SSSR count). The summed E-state index contributed by atoms with van der Waals surface area (Å²) >= 11 is 12.3. The summed E-state index contributed by atoms with van der Waals surface area (Å²) < 4.78 is 5.69. The van der Waals surface area contributed by atoms with Crippen molar-refractivity contribution in [3.8, 4) is 5.75 Å². The molecule has 0 spiro atoms. The zero-order valence-electron chi connectivity index (χ0n) is 18.1. The monoisotopic (exact) mass is 464 g/mol. The highest BCUT2D eigenvalue weighted by molar-refractivity contribution is 6.35. The van der Waals surface area contributed by atoms with Crippen LogP contribution in [0.25, 0.3) is 0 Å². The first-order valence-corrected chi connectivity index (χ1v) is 11.4. The Kier molecular flexibility index (Phi) is 10.7. The number of hydrogen-bond acceptors (Lipinski definition) is 3. The van der Waals surface area contributed by atoms with Gasteiger partial charge in [-0.05, 0) is 49.1 Å². The Labute approximate surface area is 194 Å². The van der Waals surface area contributed by atoms with Crippen LogP contribution < -0.4 is 10.1 Å². The van der Waals surface area contributed by atoms with Crippen LogP contribution in [0.5, 0.6) is 5.75 Å². The fourth-order valence-electron chi connectivity index (χ4n) is 3.19. The van der Waals surface area contributed by atoms with Crippen LogP contribution in [0.2, 0.25) is 10.0 Å². The van der Waals surface area contributed by atoms with Gasteiger partial charge in [0.2, 0.25) is 11.8 Å². The Hall–Kier alpha value is -2.24. The van der Waals surface area contributed by atoms with E-state index in [1.807, 2.05) is 44.2 Å². The number of carbonyl (C=O) groups is 2. The van der Waals surface area contributed by atoms with Crippen LogP contribution in [-0.2, 0) is 16.1 Å². The second kappa shape index (κ2) is 13.2. The van der Waals surface area contributed by atoms with Crippen LogP contribution in [0, 0.1) is 0 Å². The number of halogens is 2. The molecule has 0 saturated carbocycles. The van der Waals surface area contributed by atoms with Gasteiger partial charge in [-0.2, -0.15) is 0 Å². The number of ether oxygens (including phenoxy) is 1. The fraction of sp³-hybridized carbons (Fsp3) is 0.417. The highest BCUT2D eigenvalue weighted by atomic mass is 35.5. The first-order chi connectivity index (χ1) is 15.0. The standard InChI is InChI=1S/C24H30Cl2N2O3/c1-3-14-27-24(30)22(4-2)28(17-18-12-13-19(25)16-21(18)26)23(29)11-8-15-31-20-9-6-5-7-10-20/h5-7,9-10,12-13,16,22H,3-4,8,11,14-15,17H2,1-2H3,(H,27,30)/t22-/m0/s1. The second-order valence-corrected chi connectivity index (χ2v) is 8.08. The summed E-state index contributed by atoms with van der Waals surface area (Å²) in [5, 5.41) is 3.90. The zero-order valence-corrected chi connectivity index (χ0v) is 19.6. The molecule has 0 aromatic heterocycles. The van der Waals surface area contributed by atoms with Crippen molar-refractivity contribution >= 4 is 35.0 Å². The molecule has 0 heterocycles. The third-order valence-corrected chi connectivity index (χ3v) is 5.42. The molecule has 2 aromatic rings. The molecule has 0 fully saturated rings. The van der Waals surface area contributed by atoms with Gasteiger partial charge in [-0.1, -0.05) is 61.3 Å². The number of benzene rings is 2. The van der Waals surface area contributed by atoms with Crippen molar-refractivity contribution in [2.45, 2.75) is 52.1 Å². The minimum Gasteiger partial charge on any atom is -0.494 e. The van der Waals surface area contributed by atoms with Gasteiger partial charge in [0, 0.05) is 29.6 Å². The van der Waals surface area contributed by atoms with Gasteiger partial charge in [0.1, 0.15) is 11.8 Å². The summed E-state index contributed by atoms with van der Waals surface area (Å²) in [7, 11) is 0. The summed E-state index contributed by atoms with van der Waals surface area (Å²) in [6.45, 7) is 5.13. The van der Waals surface area contributed by atoms with Gasteiger partial charge < -0.3 is 15.0 Å². The molecule has 1 atom stereocenters. The van der Waals surface area contributed by atoms with Crippen LogP contribution in [-0.4, -0.2) is 35.9 Å². The number of nitrogens with zero attached hydrogens (tertiary/aromatic N) is 1. The Morgan fingerprint density at radius 3 is 2.48 bits per heavy atom. The van der Waals surface area contributed by atoms with Gasteiger partial charge >= 0.3 is 0 Å². The minimum absolute atomic E-state index is 0.110. The van der Waals surface area contributed by atoms with E-state index in [0.717, 1.165) is 17.7 Å². The smallest absolute Gasteiger partial charge is 0.242 e. The van der Waals surface area contributed by atoms with E-state index in [0.29, 0.717) is 36.0 Å². The van der Waals surface area contributed by atoms with Gasteiger partial charge in [0.15, 0.2) is 0 Å². The van der Waals surface area contributed by atoms with Gasteiger partial charge in [-0.15, -0.1) is 0 Å².